The molecule has 1 N–H and O–H groups in total. The number of hydrogen-bond acceptors (Lipinski definition) is 6. The van der Waals surface area contributed by atoms with Gasteiger partial charge >= 0.3 is 16.6 Å². The second-order valence-corrected chi connectivity index (χ2v) is 3.00. The predicted molar refractivity (Wildman–Crippen MR) is 42.4 cm³/mol. The maximum atomic E-state index is 11.0. The highest BCUT2D eigenvalue weighted by molar-refractivity contribution is 7.61. The van der Waals surface area contributed by atoms with Crippen LogP contribution in [-0.2, 0) is 20.1 Å². The molecule has 78 valence electrons. The van der Waals surface area contributed by atoms with Crippen LogP contribution in [0.2, 0.25) is 0 Å². The van der Waals surface area contributed by atoms with Gasteiger partial charge in [0.2, 0.25) is 5.91 Å². The van der Waals surface area contributed by atoms with E-state index in [9.17, 15) is 18.0 Å². The minimum atomic E-state index is -2.79. The fraction of sp³-hybridized carbons (Fsp3) is 0.600. The zero-order chi connectivity index (χ0) is 10.6. The lowest BCUT2D eigenvalue weighted by molar-refractivity contribution is -0.123. The molecule has 14 heavy (non-hydrogen) atoms. The summed E-state index contributed by atoms with van der Waals surface area (Å²) < 4.78 is 22.3. The van der Waals surface area contributed by atoms with Gasteiger partial charge in [-0.3, -0.25) is 14.5 Å². The summed E-state index contributed by atoms with van der Waals surface area (Å²) >= 11 is 0. The Bertz CT molecular complexity index is 367. The highest BCUT2D eigenvalue weighted by atomic mass is 32.2. The van der Waals surface area contributed by atoms with E-state index in [-0.39, 0.29) is 19.0 Å². The van der Waals surface area contributed by atoms with Gasteiger partial charge in [0, 0.05) is 13.1 Å². The van der Waals surface area contributed by atoms with Crippen LogP contribution in [0.4, 0.5) is 4.79 Å². The van der Waals surface area contributed by atoms with Crippen LogP contribution in [0.5, 0.6) is 0 Å². The highest BCUT2D eigenvalue weighted by Crippen LogP contribution is 1.97. The Morgan fingerprint density at radius 2 is 2.29 bits per heavy atom. The number of nitrogens with zero attached hydrogens (tertiary/aromatic N) is 2. The number of carbonyl (C=O) groups is 2. The van der Waals surface area contributed by atoms with Crippen molar-refractivity contribution >= 4 is 22.5 Å². The molecule has 2 amide bonds. The van der Waals surface area contributed by atoms with Gasteiger partial charge in [-0.15, -0.1) is 0 Å². The van der Waals surface area contributed by atoms with Gasteiger partial charge in [0.1, 0.15) is 6.54 Å². The van der Waals surface area contributed by atoms with Crippen LogP contribution in [0.25, 0.3) is 0 Å². The van der Waals surface area contributed by atoms with Crippen LogP contribution in [0.3, 0.4) is 0 Å². The Balaban J connectivity index is 2.52. The molecule has 0 bridgehead atoms. The first kappa shape index (κ1) is 10.4. The van der Waals surface area contributed by atoms with Gasteiger partial charge in [-0.25, -0.2) is 4.79 Å². The van der Waals surface area contributed by atoms with Gasteiger partial charge in [-0.2, -0.15) is 8.42 Å². The van der Waals surface area contributed by atoms with Crippen LogP contribution < -0.4 is 5.32 Å². The third kappa shape index (κ3) is 3.01. The Morgan fingerprint density at radius 3 is 2.86 bits per heavy atom. The van der Waals surface area contributed by atoms with Crippen LogP contribution in [0.1, 0.15) is 0 Å². The monoisotopic (exact) mass is 221 g/mol. The maximum absolute atomic E-state index is 11.0. The van der Waals surface area contributed by atoms with Gasteiger partial charge < -0.3 is 5.32 Å². The largest absolute Gasteiger partial charge is 0.437 e. The van der Waals surface area contributed by atoms with Crippen molar-refractivity contribution in [1.82, 2.24) is 10.2 Å². The van der Waals surface area contributed by atoms with Crippen molar-refractivity contribution in [3.8, 4) is 0 Å². The number of amides is 2. The van der Waals surface area contributed by atoms with Gasteiger partial charge in [0.25, 0.3) is 0 Å². The number of hydrogen-bond donors (Lipinski definition) is 1. The summed E-state index contributed by atoms with van der Waals surface area (Å²) in [5, 5.41) is 2.49. The van der Waals surface area contributed by atoms with Crippen molar-refractivity contribution in [2.45, 2.75) is 0 Å². The molecule has 1 aliphatic rings. The third-order valence-electron chi connectivity index (χ3n) is 1.47. The van der Waals surface area contributed by atoms with Crippen LogP contribution >= 0.6 is 0 Å². The van der Waals surface area contributed by atoms with Gasteiger partial charge in [-0.05, 0) is 0 Å². The first-order chi connectivity index (χ1) is 6.59. The summed E-state index contributed by atoms with van der Waals surface area (Å²) in [7, 11) is -2.79. The molecular formula is C5H7N3O5S. The van der Waals surface area contributed by atoms with E-state index in [1.807, 2.05) is 0 Å². The smallest absolute Gasteiger partial charge is 0.353 e. The molecule has 0 spiro atoms. The molecule has 0 aromatic rings. The van der Waals surface area contributed by atoms with E-state index in [2.05, 4.69) is 14.7 Å². The predicted octanol–water partition coefficient (Wildman–Crippen LogP) is -1.47. The van der Waals surface area contributed by atoms with Crippen LogP contribution in [0.15, 0.2) is 4.53 Å². The molecule has 9 heteroatoms. The van der Waals surface area contributed by atoms with E-state index in [1.54, 1.807) is 0 Å². The second-order valence-electron chi connectivity index (χ2n) is 2.42. The number of nitrogens with one attached hydrogen (secondary N) is 1. The Morgan fingerprint density at radius 1 is 1.57 bits per heavy atom. The summed E-state index contributed by atoms with van der Waals surface area (Å²) in [6.45, 7) is 0.430. The lowest BCUT2D eigenvalue weighted by Crippen LogP contribution is -2.49. The summed E-state index contributed by atoms with van der Waals surface area (Å²) in [4.78, 5) is 26.9. The normalized spacial score (nSPS) is 15.7. The molecule has 1 rings (SSSR count). The van der Waals surface area contributed by atoms with Crippen molar-refractivity contribution in [3.05, 3.63) is 0 Å². The topological polar surface area (TPSA) is 105 Å². The van der Waals surface area contributed by atoms with Crippen molar-refractivity contribution < 1.29 is 22.8 Å². The standard InChI is InChI=1S/C5H7N3O5S/c9-4-3-8(2-1-6-4)5(10)13-7-14(11)12/h1-3H2,(H,6,9). The average Bonchev–Trinajstić information content (AvgIpc) is 2.14. The quantitative estimate of drug-likeness (QED) is 0.544. The molecule has 1 fully saturated rings. The minimum absolute atomic E-state index is 0.153. The fourth-order valence-corrected chi connectivity index (χ4v) is 1.04. The molecular weight excluding hydrogens is 214 g/mol. The molecule has 0 aromatic heterocycles. The van der Waals surface area contributed by atoms with E-state index < -0.39 is 16.6 Å². The summed E-state index contributed by atoms with van der Waals surface area (Å²) in [6.07, 6.45) is -0.955. The molecule has 1 heterocycles. The first-order valence-corrected chi connectivity index (χ1v) is 4.66. The minimum Gasteiger partial charge on any atom is -0.353 e. The molecule has 1 aliphatic heterocycles. The van der Waals surface area contributed by atoms with E-state index in [4.69, 9.17) is 0 Å². The van der Waals surface area contributed by atoms with E-state index in [0.29, 0.717) is 6.54 Å². The zero-order valence-corrected chi connectivity index (χ0v) is 7.78. The second kappa shape index (κ2) is 4.56. The van der Waals surface area contributed by atoms with Crippen molar-refractivity contribution in [1.29, 1.82) is 0 Å². The van der Waals surface area contributed by atoms with Gasteiger partial charge in [-0.1, -0.05) is 0 Å². The molecule has 0 unspecified atom stereocenters. The fourth-order valence-electron chi connectivity index (χ4n) is 0.914. The van der Waals surface area contributed by atoms with Crippen LogP contribution in [-0.4, -0.2) is 45.0 Å². The average molecular weight is 221 g/mol. The Hall–Kier alpha value is -1.64. The van der Waals surface area contributed by atoms with Crippen molar-refractivity contribution in [3.63, 3.8) is 0 Å². The SMILES string of the molecule is O=C1CN(C(=O)ON=S(=O)=O)CCN1. The van der Waals surface area contributed by atoms with Gasteiger partial charge in [0.05, 0.1) is 4.53 Å². The summed E-state index contributed by atoms with van der Waals surface area (Å²) in [5.74, 6) is -0.323. The number of carbonyl (C=O) groups excluding carboxylic acids is 2. The molecule has 0 aromatic carbocycles. The molecule has 0 aliphatic carbocycles. The number of piperazine rings is 1. The maximum Gasteiger partial charge on any atom is 0.437 e. The van der Waals surface area contributed by atoms with E-state index in [0.717, 1.165) is 4.90 Å². The highest BCUT2D eigenvalue weighted by Gasteiger charge is 2.22. The molecule has 0 atom stereocenters. The Kier molecular flexibility index (Phi) is 3.40. The lowest BCUT2D eigenvalue weighted by atomic mass is 10.4. The van der Waals surface area contributed by atoms with Gasteiger partial charge in [0.15, 0.2) is 0 Å². The zero-order valence-electron chi connectivity index (χ0n) is 6.97. The molecule has 8 nitrogen and oxygen atoms in total. The van der Waals surface area contributed by atoms with Crippen molar-refractivity contribution in [2.75, 3.05) is 19.6 Å². The lowest BCUT2D eigenvalue weighted by Gasteiger charge is -2.23. The van der Waals surface area contributed by atoms with E-state index >= 15 is 0 Å². The van der Waals surface area contributed by atoms with Crippen LogP contribution in [0, 0.1) is 0 Å². The van der Waals surface area contributed by atoms with E-state index in [1.165, 1.54) is 0 Å². The summed E-state index contributed by atoms with van der Waals surface area (Å²) in [5.41, 5.74) is 0. The summed E-state index contributed by atoms with van der Waals surface area (Å²) in [6, 6.07) is 0. The molecule has 0 saturated carbocycles. The number of rotatable bonds is 1. The molecule has 0 radical (unpaired) electrons. The third-order valence-corrected chi connectivity index (χ3v) is 1.67. The molecule has 1 saturated heterocycles. The van der Waals surface area contributed by atoms with Crippen molar-refractivity contribution in [2.24, 2.45) is 4.53 Å². The Labute approximate surface area is 80.5 Å². The first-order valence-electron chi connectivity index (χ1n) is 3.62.